The van der Waals surface area contributed by atoms with Gasteiger partial charge in [-0.2, -0.15) is 0 Å². The smallest absolute Gasteiger partial charge is 0.342 e. The molecule has 0 fully saturated rings. The quantitative estimate of drug-likeness (QED) is 0.388. The van der Waals surface area contributed by atoms with Gasteiger partial charge in [0.05, 0.1) is 6.61 Å². The largest absolute Gasteiger partial charge is 0.494 e. The van der Waals surface area contributed by atoms with E-state index in [-0.39, 0.29) is 10.1 Å². The van der Waals surface area contributed by atoms with Gasteiger partial charge in [0, 0.05) is 10.6 Å². The summed E-state index contributed by atoms with van der Waals surface area (Å²) in [5.41, 5.74) is 1.43. The minimum Gasteiger partial charge on any atom is -0.494 e. The second kappa shape index (κ2) is 9.43. The van der Waals surface area contributed by atoms with Gasteiger partial charge in [-0.3, -0.25) is 0 Å². The summed E-state index contributed by atoms with van der Waals surface area (Å²) in [6.45, 7) is 2.67. The maximum atomic E-state index is 11.6. The summed E-state index contributed by atoms with van der Waals surface area (Å²) in [4.78, 5) is 11.7. The molecule has 1 heterocycles. The predicted octanol–water partition coefficient (Wildman–Crippen LogP) is 5.40. The van der Waals surface area contributed by atoms with Gasteiger partial charge in [0.2, 0.25) is 5.89 Å². The molecule has 2 aromatic carbocycles. The summed E-state index contributed by atoms with van der Waals surface area (Å²) in [5, 5.41) is 18.1. The Bertz CT molecular complexity index is 969. The van der Waals surface area contributed by atoms with Crippen molar-refractivity contribution in [2.24, 2.45) is 0 Å². The Morgan fingerprint density at radius 1 is 1.18 bits per heavy atom. The Kier molecular flexibility index (Phi) is 6.73. The number of hydrogen-bond donors (Lipinski definition) is 1. The van der Waals surface area contributed by atoms with Gasteiger partial charge in [0.25, 0.3) is 5.22 Å². The molecule has 1 N–H and O–H groups in total. The molecule has 1 aromatic heterocycles. The number of aliphatic carboxylic acids is 1. The average Bonchev–Trinajstić information content (AvgIpc) is 3.16. The molecule has 0 aliphatic carbocycles. The van der Waals surface area contributed by atoms with Crippen molar-refractivity contribution < 1.29 is 19.1 Å². The number of carboxylic acids is 1. The van der Waals surface area contributed by atoms with Crippen LogP contribution in [0.25, 0.3) is 17.5 Å². The monoisotopic (exact) mass is 416 g/mol. The molecular formula is C20H17ClN2O4S. The zero-order valence-corrected chi connectivity index (χ0v) is 16.5. The fourth-order valence-electron chi connectivity index (χ4n) is 2.22. The molecule has 0 amide bonds. The van der Waals surface area contributed by atoms with Gasteiger partial charge in [-0.15, -0.1) is 10.2 Å². The first-order valence-electron chi connectivity index (χ1n) is 8.50. The second-order valence-electron chi connectivity index (χ2n) is 5.71. The van der Waals surface area contributed by atoms with E-state index in [2.05, 4.69) is 10.2 Å². The minimum absolute atomic E-state index is 0.0635. The van der Waals surface area contributed by atoms with E-state index in [1.807, 2.05) is 6.92 Å². The lowest BCUT2D eigenvalue weighted by Crippen LogP contribution is -1.97. The van der Waals surface area contributed by atoms with Crippen molar-refractivity contribution in [1.29, 1.82) is 0 Å². The van der Waals surface area contributed by atoms with Crippen LogP contribution in [0.3, 0.4) is 0 Å². The van der Waals surface area contributed by atoms with Crippen LogP contribution in [0.2, 0.25) is 5.02 Å². The third kappa shape index (κ3) is 5.37. The highest BCUT2D eigenvalue weighted by Gasteiger charge is 2.16. The molecule has 0 aliphatic heterocycles. The molecular weight excluding hydrogens is 400 g/mol. The molecule has 0 saturated carbocycles. The van der Waals surface area contributed by atoms with E-state index in [0.29, 0.717) is 23.1 Å². The number of rotatable bonds is 8. The van der Waals surface area contributed by atoms with Crippen molar-refractivity contribution in [3.63, 3.8) is 0 Å². The van der Waals surface area contributed by atoms with Crippen LogP contribution in [0.5, 0.6) is 5.75 Å². The first-order valence-corrected chi connectivity index (χ1v) is 9.69. The van der Waals surface area contributed by atoms with Crippen molar-refractivity contribution in [3.8, 4) is 17.2 Å². The van der Waals surface area contributed by atoms with Crippen LogP contribution in [-0.2, 0) is 4.79 Å². The lowest BCUT2D eigenvalue weighted by atomic mass is 10.2. The summed E-state index contributed by atoms with van der Waals surface area (Å²) >= 11 is 6.76. The third-order valence-corrected chi connectivity index (χ3v) is 4.66. The molecule has 8 heteroatoms. The molecule has 3 rings (SSSR count). The first kappa shape index (κ1) is 20.0. The van der Waals surface area contributed by atoms with Crippen LogP contribution in [-0.4, -0.2) is 27.9 Å². The van der Waals surface area contributed by atoms with Crippen molar-refractivity contribution in [3.05, 3.63) is 64.0 Å². The molecule has 0 unspecified atom stereocenters. The molecule has 0 aliphatic rings. The van der Waals surface area contributed by atoms with Crippen molar-refractivity contribution >= 4 is 35.4 Å². The fourth-order valence-corrected chi connectivity index (χ4v) is 3.02. The molecule has 144 valence electrons. The molecule has 28 heavy (non-hydrogen) atoms. The number of carbonyl (C=O) groups is 1. The van der Waals surface area contributed by atoms with Gasteiger partial charge in [0.15, 0.2) is 0 Å². The summed E-state index contributed by atoms with van der Waals surface area (Å²) in [5.74, 6) is -0.0445. The second-order valence-corrected chi connectivity index (χ2v) is 7.14. The van der Waals surface area contributed by atoms with Crippen molar-refractivity contribution in [1.82, 2.24) is 10.2 Å². The topological polar surface area (TPSA) is 85.5 Å². The summed E-state index contributed by atoms with van der Waals surface area (Å²) in [6.07, 6.45) is 2.46. The SMILES string of the molecule is CCCOc1ccc(/C=C(/Sc2nnc(-c3ccc(Cl)cc3)o2)C(=O)O)cc1. The number of nitrogens with zero attached hydrogens (tertiary/aromatic N) is 2. The number of ether oxygens (including phenoxy) is 1. The Morgan fingerprint density at radius 2 is 1.89 bits per heavy atom. The highest BCUT2D eigenvalue weighted by Crippen LogP contribution is 2.30. The number of thioether (sulfide) groups is 1. The standard InChI is InChI=1S/C20H17ClN2O4S/c1-2-11-26-16-9-3-13(4-10-16)12-17(19(24)25)28-20-23-22-18(27-20)14-5-7-15(21)8-6-14/h3-10,12H,2,11H2,1H3,(H,24,25)/b17-12+. The van der Waals surface area contributed by atoms with E-state index in [9.17, 15) is 9.90 Å². The zero-order valence-electron chi connectivity index (χ0n) is 15.0. The van der Waals surface area contributed by atoms with Crippen LogP contribution in [0.1, 0.15) is 18.9 Å². The van der Waals surface area contributed by atoms with Crippen LogP contribution in [0.15, 0.2) is 63.1 Å². The lowest BCUT2D eigenvalue weighted by molar-refractivity contribution is -0.131. The lowest BCUT2D eigenvalue weighted by Gasteiger charge is -2.04. The van der Waals surface area contributed by atoms with E-state index in [1.54, 1.807) is 54.6 Å². The number of hydrogen-bond acceptors (Lipinski definition) is 6. The van der Waals surface area contributed by atoms with Gasteiger partial charge in [0.1, 0.15) is 10.7 Å². The van der Waals surface area contributed by atoms with Gasteiger partial charge < -0.3 is 14.3 Å². The van der Waals surface area contributed by atoms with E-state index in [1.165, 1.54) is 0 Å². The van der Waals surface area contributed by atoms with Crippen molar-refractivity contribution in [2.75, 3.05) is 6.61 Å². The van der Waals surface area contributed by atoms with Gasteiger partial charge in [-0.25, -0.2) is 4.79 Å². The van der Waals surface area contributed by atoms with Gasteiger partial charge in [-0.05, 0) is 66.2 Å². The highest BCUT2D eigenvalue weighted by molar-refractivity contribution is 8.03. The fraction of sp³-hybridized carbons (Fsp3) is 0.150. The number of benzene rings is 2. The maximum absolute atomic E-state index is 11.6. The summed E-state index contributed by atoms with van der Waals surface area (Å²) in [7, 11) is 0. The molecule has 3 aromatic rings. The molecule has 0 spiro atoms. The zero-order chi connectivity index (χ0) is 19.9. The Balaban J connectivity index is 1.75. The normalized spacial score (nSPS) is 11.4. The summed E-state index contributed by atoms with van der Waals surface area (Å²) in [6, 6.07) is 14.1. The van der Waals surface area contributed by atoms with Crippen molar-refractivity contribution in [2.45, 2.75) is 18.6 Å². The first-order chi connectivity index (χ1) is 13.5. The number of aromatic nitrogens is 2. The van der Waals surface area contributed by atoms with Gasteiger partial charge in [-0.1, -0.05) is 30.7 Å². The third-order valence-electron chi connectivity index (χ3n) is 3.56. The predicted molar refractivity (Wildman–Crippen MR) is 108 cm³/mol. The van der Waals surface area contributed by atoms with E-state index < -0.39 is 5.97 Å². The minimum atomic E-state index is -1.08. The van der Waals surface area contributed by atoms with Crippen LogP contribution in [0, 0.1) is 0 Å². The Morgan fingerprint density at radius 3 is 2.54 bits per heavy atom. The average molecular weight is 417 g/mol. The van der Waals surface area contributed by atoms with Gasteiger partial charge >= 0.3 is 5.97 Å². The molecule has 6 nitrogen and oxygen atoms in total. The van der Waals surface area contributed by atoms with E-state index in [0.717, 1.165) is 29.5 Å². The van der Waals surface area contributed by atoms with Crippen LogP contribution in [0.4, 0.5) is 0 Å². The molecule has 0 saturated heterocycles. The molecule has 0 bridgehead atoms. The highest BCUT2D eigenvalue weighted by atomic mass is 35.5. The number of halogens is 1. The number of carboxylic acid groups (broad SMARTS) is 1. The van der Waals surface area contributed by atoms with Crippen LogP contribution < -0.4 is 4.74 Å². The molecule has 0 radical (unpaired) electrons. The summed E-state index contributed by atoms with van der Waals surface area (Å²) < 4.78 is 11.1. The van der Waals surface area contributed by atoms with E-state index >= 15 is 0 Å². The molecule has 0 atom stereocenters. The maximum Gasteiger partial charge on any atom is 0.342 e. The Hall–Kier alpha value is -2.77. The van der Waals surface area contributed by atoms with E-state index in [4.69, 9.17) is 20.8 Å². The Labute approximate surface area is 171 Å². The van der Waals surface area contributed by atoms with Crippen LogP contribution >= 0.6 is 23.4 Å².